The molecule has 1 aliphatic heterocycles. The van der Waals surface area contributed by atoms with Gasteiger partial charge in [-0.2, -0.15) is 17.4 Å². The molecule has 0 bridgehead atoms. The van der Waals surface area contributed by atoms with Crippen LogP contribution in [-0.2, 0) is 15.0 Å². The summed E-state index contributed by atoms with van der Waals surface area (Å²) in [6.45, 7) is 0. The molecule has 0 aromatic carbocycles. The Morgan fingerprint density at radius 3 is 2.77 bits per heavy atom. The van der Waals surface area contributed by atoms with Crippen molar-refractivity contribution in [1.29, 1.82) is 0 Å². The third-order valence-electron chi connectivity index (χ3n) is 4.46. The molecule has 2 aliphatic rings. The van der Waals surface area contributed by atoms with Gasteiger partial charge in [0.15, 0.2) is 0 Å². The summed E-state index contributed by atoms with van der Waals surface area (Å²) in [5.41, 5.74) is 0. The molecule has 1 amide bonds. The van der Waals surface area contributed by atoms with Crippen LogP contribution in [0.25, 0.3) is 0 Å². The predicted octanol–water partition coefficient (Wildman–Crippen LogP) is 0.918. The number of furan rings is 1. The van der Waals surface area contributed by atoms with E-state index in [0.717, 1.165) is 30.0 Å². The maximum atomic E-state index is 12.5. The second kappa shape index (κ2) is 6.02. The fraction of sp³-hybridized carbons (Fsp3) is 0.643. The number of likely N-dealkylation sites (N-methyl/N-ethyl adjacent to an activating group) is 1. The Kier molecular flexibility index (Phi) is 4.24. The van der Waals surface area contributed by atoms with Crippen molar-refractivity contribution in [3.8, 4) is 0 Å². The minimum absolute atomic E-state index is 0.167. The van der Waals surface area contributed by atoms with Crippen LogP contribution in [-0.4, -0.2) is 37.8 Å². The fourth-order valence-electron chi connectivity index (χ4n) is 3.15. The number of nitrogens with zero attached hydrogens (tertiary/aromatic N) is 1. The summed E-state index contributed by atoms with van der Waals surface area (Å²) >= 11 is 0. The van der Waals surface area contributed by atoms with Gasteiger partial charge in [0, 0.05) is 13.1 Å². The van der Waals surface area contributed by atoms with Crippen LogP contribution in [0.3, 0.4) is 0 Å². The molecule has 2 fully saturated rings. The summed E-state index contributed by atoms with van der Waals surface area (Å²) in [7, 11) is -2.27. The van der Waals surface area contributed by atoms with Gasteiger partial charge in [-0.3, -0.25) is 4.79 Å². The van der Waals surface area contributed by atoms with E-state index >= 15 is 0 Å². The van der Waals surface area contributed by atoms with Crippen molar-refractivity contribution in [3.63, 3.8) is 0 Å². The van der Waals surface area contributed by atoms with E-state index in [0.29, 0.717) is 12.2 Å². The van der Waals surface area contributed by atoms with Gasteiger partial charge >= 0.3 is 0 Å². The third kappa shape index (κ3) is 3.04. The summed E-state index contributed by atoms with van der Waals surface area (Å²) < 4.78 is 33.4. The van der Waals surface area contributed by atoms with Crippen LogP contribution >= 0.6 is 0 Å². The Labute approximate surface area is 130 Å². The van der Waals surface area contributed by atoms with Crippen molar-refractivity contribution in [2.45, 2.75) is 50.2 Å². The van der Waals surface area contributed by atoms with E-state index in [1.807, 2.05) is 0 Å². The average molecular weight is 327 g/mol. The molecule has 3 rings (SSSR count). The number of amides is 1. The molecule has 7 nitrogen and oxygen atoms in total. The standard InChI is InChI=1S/C14H21N3O4S/c1-17-12(14(18)15-10-5-2-3-6-10)9-11(16-22(17,19)20)13-7-4-8-21-13/h4,7-8,10-12,16H,2-3,5-6,9H2,1H3,(H,15,18)/t11-,12+/m0/s1. The first-order valence-electron chi connectivity index (χ1n) is 7.56. The third-order valence-corrected chi connectivity index (χ3v) is 6.05. The SMILES string of the molecule is CN1[C@@H](C(=O)NC2CCCC2)C[C@@H](c2ccco2)NS1(=O)=O. The molecule has 122 valence electrons. The molecule has 1 saturated carbocycles. The zero-order chi connectivity index (χ0) is 15.7. The summed E-state index contributed by atoms with van der Waals surface area (Å²) in [6, 6.07) is 2.35. The smallest absolute Gasteiger partial charge is 0.280 e. The van der Waals surface area contributed by atoms with Gasteiger partial charge in [0.2, 0.25) is 5.91 Å². The highest BCUT2D eigenvalue weighted by Gasteiger charge is 2.41. The minimum Gasteiger partial charge on any atom is -0.468 e. The van der Waals surface area contributed by atoms with Gasteiger partial charge in [-0.25, -0.2) is 0 Å². The monoisotopic (exact) mass is 327 g/mol. The summed E-state index contributed by atoms with van der Waals surface area (Å²) in [5.74, 6) is 0.298. The topological polar surface area (TPSA) is 91.7 Å². The molecule has 2 atom stereocenters. The second-order valence-electron chi connectivity index (χ2n) is 5.95. The van der Waals surface area contributed by atoms with E-state index < -0.39 is 22.3 Å². The highest BCUT2D eigenvalue weighted by atomic mass is 32.2. The molecule has 0 unspecified atom stereocenters. The van der Waals surface area contributed by atoms with Crippen LogP contribution in [0.5, 0.6) is 0 Å². The first kappa shape index (κ1) is 15.5. The first-order chi connectivity index (χ1) is 10.5. The van der Waals surface area contributed by atoms with Crippen LogP contribution in [0.2, 0.25) is 0 Å². The van der Waals surface area contributed by atoms with Crippen molar-refractivity contribution >= 4 is 16.1 Å². The number of carbonyl (C=O) groups excluding carboxylic acids is 1. The van der Waals surface area contributed by atoms with Crippen molar-refractivity contribution in [2.75, 3.05) is 7.05 Å². The second-order valence-corrected chi connectivity index (χ2v) is 7.71. The quantitative estimate of drug-likeness (QED) is 0.863. The highest BCUT2D eigenvalue weighted by Crippen LogP contribution is 2.28. The van der Waals surface area contributed by atoms with E-state index in [9.17, 15) is 13.2 Å². The van der Waals surface area contributed by atoms with E-state index in [1.54, 1.807) is 12.1 Å². The molecular weight excluding hydrogens is 306 g/mol. The van der Waals surface area contributed by atoms with Gasteiger partial charge in [0.25, 0.3) is 10.2 Å². The van der Waals surface area contributed by atoms with Crippen LogP contribution in [0, 0.1) is 0 Å². The van der Waals surface area contributed by atoms with Gasteiger partial charge in [-0.05, 0) is 31.4 Å². The fourth-order valence-corrected chi connectivity index (χ4v) is 4.41. The molecule has 8 heteroatoms. The predicted molar refractivity (Wildman–Crippen MR) is 80.1 cm³/mol. The van der Waals surface area contributed by atoms with E-state index in [4.69, 9.17) is 4.42 Å². The largest absolute Gasteiger partial charge is 0.468 e. The lowest BCUT2D eigenvalue weighted by Crippen LogP contribution is -2.58. The zero-order valence-corrected chi connectivity index (χ0v) is 13.3. The average Bonchev–Trinajstić information content (AvgIpc) is 3.14. The molecule has 0 radical (unpaired) electrons. The lowest BCUT2D eigenvalue weighted by atomic mass is 10.0. The zero-order valence-electron chi connectivity index (χ0n) is 12.5. The minimum atomic E-state index is -3.70. The molecule has 1 saturated heterocycles. The van der Waals surface area contributed by atoms with Gasteiger partial charge in [0.05, 0.1) is 12.3 Å². The van der Waals surface area contributed by atoms with Crippen LogP contribution < -0.4 is 10.0 Å². The Hall–Kier alpha value is -1.38. The number of rotatable bonds is 3. The van der Waals surface area contributed by atoms with E-state index in [2.05, 4.69) is 10.0 Å². The van der Waals surface area contributed by atoms with Crippen molar-refractivity contribution < 1.29 is 17.6 Å². The van der Waals surface area contributed by atoms with Gasteiger partial charge in [-0.15, -0.1) is 0 Å². The Morgan fingerprint density at radius 1 is 1.41 bits per heavy atom. The summed E-state index contributed by atoms with van der Waals surface area (Å²) in [6.07, 6.45) is 6.00. The maximum absolute atomic E-state index is 12.5. The van der Waals surface area contributed by atoms with Gasteiger partial charge in [0.1, 0.15) is 11.8 Å². The Balaban J connectivity index is 1.77. The molecular formula is C14H21N3O4S. The summed E-state index contributed by atoms with van der Waals surface area (Å²) in [4.78, 5) is 12.5. The van der Waals surface area contributed by atoms with Crippen molar-refractivity contribution in [3.05, 3.63) is 24.2 Å². The van der Waals surface area contributed by atoms with Crippen LogP contribution in [0.1, 0.15) is 43.9 Å². The highest BCUT2D eigenvalue weighted by molar-refractivity contribution is 7.87. The lowest BCUT2D eigenvalue weighted by molar-refractivity contribution is -0.126. The molecule has 2 heterocycles. The molecule has 22 heavy (non-hydrogen) atoms. The van der Waals surface area contributed by atoms with Crippen molar-refractivity contribution in [2.24, 2.45) is 0 Å². The number of nitrogens with one attached hydrogen (secondary N) is 2. The molecule has 1 aliphatic carbocycles. The molecule has 1 aromatic rings. The first-order valence-corrected chi connectivity index (χ1v) is 9.00. The number of hydrogen-bond acceptors (Lipinski definition) is 4. The lowest BCUT2D eigenvalue weighted by Gasteiger charge is -2.35. The maximum Gasteiger partial charge on any atom is 0.280 e. The molecule has 0 spiro atoms. The Bertz CT molecular complexity index is 623. The Morgan fingerprint density at radius 2 is 2.14 bits per heavy atom. The van der Waals surface area contributed by atoms with E-state index in [1.165, 1.54) is 13.3 Å². The number of carbonyl (C=O) groups is 1. The summed E-state index contributed by atoms with van der Waals surface area (Å²) in [5, 5.41) is 2.98. The van der Waals surface area contributed by atoms with E-state index in [-0.39, 0.29) is 11.9 Å². The van der Waals surface area contributed by atoms with Crippen LogP contribution in [0.15, 0.2) is 22.8 Å². The van der Waals surface area contributed by atoms with Crippen molar-refractivity contribution in [1.82, 2.24) is 14.3 Å². The van der Waals surface area contributed by atoms with Crippen LogP contribution in [0.4, 0.5) is 0 Å². The van der Waals surface area contributed by atoms with Gasteiger partial charge < -0.3 is 9.73 Å². The van der Waals surface area contributed by atoms with Gasteiger partial charge in [-0.1, -0.05) is 12.8 Å². The normalized spacial score (nSPS) is 29.5. The molecule has 1 aromatic heterocycles. The molecule has 2 N–H and O–H groups in total. The number of hydrogen-bond donors (Lipinski definition) is 2.